The molecule has 0 amide bonds. The molecule has 0 unspecified atom stereocenters. The molecule has 0 spiro atoms. The second-order valence-electron chi connectivity index (χ2n) is 2.42. The molecule has 0 heterocycles. The van der Waals surface area contributed by atoms with Gasteiger partial charge in [-0.1, -0.05) is 0 Å². The second-order valence-corrected chi connectivity index (χ2v) is 2.42. The van der Waals surface area contributed by atoms with Crippen molar-refractivity contribution < 1.29 is 8.78 Å². The van der Waals surface area contributed by atoms with Crippen molar-refractivity contribution in [3.63, 3.8) is 0 Å². The van der Waals surface area contributed by atoms with Crippen LogP contribution >= 0.6 is 0 Å². The Labute approximate surface area is 84.1 Å². The van der Waals surface area contributed by atoms with Crippen molar-refractivity contribution in [2.45, 2.75) is 0 Å². The minimum Gasteiger partial charge on any atom is -0.273 e. The molecule has 0 fully saturated rings. The maximum absolute atomic E-state index is 13.0. The molecule has 0 radical (unpaired) electrons. The third-order valence-corrected chi connectivity index (χ3v) is 1.43. The van der Waals surface area contributed by atoms with E-state index in [1.165, 1.54) is 12.1 Å². The number of benzene rings is 1. The molecule has 4 nitrogen and oxygen atoms in total. The smallest absolute Gasteiger partial charge is 0.237 e. The minimum atomic E-state index is -0.727. The van der Waals surface area contributed by atoms with Gasteiger partial charge in [-0.15, -0.1) is 0 Å². The van der Waals surface area contributed by atoms with Gasteiger partial charge in [-0.3, -0.25) is 5.43 Å². The van der Waals surface area contributed by atoms with Crippen LogP contribution in [0.25, 0.3) is 0 Å². The van der Waals surface area contributed by atoms with Crippen LogP contribution in [-0.4, -0.2) is 5.71 Å². The number of rotatable bonds is 2. The Morgan fingerprint density at radius 3 is 2.53 bits per heavy atom. The molecule has 1 N–H and O–H groups in total. The predicted octanol–water partition coefficient (Wildman–Crippen LogP) is 1.78. The van der Waals surface area contributed by atoms with Gasteiger partial charge in [-0.2, -0.15) is 15.6 Å². The van der Waals surface area contributed by atoms with Crippen molar-refractivity contribution in [2.24, 2.45) is 5.10 Å². The molecule has 0 aromatic heterocycles. The van der Waals surface area contributed by atoms with E-state index in [0.29, 0.717) is 0 Å². The first-order chi connectivity index (χ1) is 7.17. The fraction of sp³-hybridized carbons (Fsp3) is 0. The molecule has 0 bridgehead atoms. The molecule has 74 valence electrons. The molecule has 0 aliphatic rings. The van der Waals surface area contributed by atoms with Crippen LogP contribution in [0.4, 0.5) is 14.5 Å². The lowest BCUT2D eigenvalue weighted by atomic mass is 10.3. The van der Waals surface area contributed by atoms with Gasteiger partial charge in [-0.05, 0) is 12.1 Å². The zero-order valence-corrected chi connectivity index (χ0v) is 7.33. The van der Waals surface area contributed by atoms with E-state index in [4.69, 9.17) is 10.5 Å². The minimum absolute atomic E-state index is 0.238. The van der Waals surface area contributed by atoms with Gasteiger partial charge in [0.25, 0.3) is 0 Å². The Balaban J connectivity index is 2.92. The van der Waals surface area contributed by atoms with Gasteiger partial charge < -0.3 is 0 Å². The highest BCUT2D eigenvalue weighted by Gasteiger charge is 2.02. The summed E-state index contributed by atoms with van der Waals surface area (Å²) in [5.41, 5.74) is 1.37. The first-order valence-corrected chi connectivity index (χ1v) is 3.76. The van der Waals surface area contributed by atoms with Crippen LogP contribution in [0, 0.1) is 34.3 Å². The highest BCUT2D eigenvalue weighted by atomic mass is 19.1. The number of hydrogen-bond acceptors (Lipinski definition) is 4. The van der Waals surface area contributed by atoms with Gasteiger partial charge in [-0.25, -0.2) is 8.78 Å². The van der Waals surface area contributed by atoms with Gasteiger partial charge >= 0.3 is 0 Å². The fourth-order valence-corrected chi connectivity index (χ4v) is 0.774. The number of hydrazone groups is 1. The van der Waals surface area contributed by atoms with Crippen LogP contribution < -0.4 is 5.43 Å². The average molecular weight is 206 g/mol. The molecule has 1 rings (SSSR count). The van der Waals surface area contributed by atoms with Gasteiger partial charge in [0, 0.05) is 6.07 Å². The van der Waals surface area contributed by atoms with Crippen molar-refractivity contribution in [1.29, 1.82) is 10.5 Å². The first-order valence-electron chi connectivity index (χ1n) is 3.76. The highest BCUT2D eigenvalue weighted by Crippen LogP contribution is 2.14. The summed E-state index contributed by atoms with van der Waals surface area (Å²) in [5.74, 6) is -1.38. The summed E-state index contributed by atoms with van der Waals surface area (Å²) in [6, 6.07) is 5.65. The number of nitrogens with one attached hydrogen (secondary N) is 1. The van der Waals surface area contributed by atoms with Crippen molar-refractivity contribution in [1.82, 2.24) is 0 Å². The SMILES string of the molecule is N#CC(C#N)=NNc1cc(F)ccc1F. The van der Waals surface area contributed by atoms with Crippen LogP contribution in [0.5, 0.6) is 0 Å². The molecular formula is C9H4F2N4. The zero-order valence-electron chi connectivity index (χ0n) is 7.33. The summed E-state index contributed by atoms with van der Waals surface area (Å²) in [5, 5.41) is 19.9. The second kappa shape index (κ2) is 4.68. The summed E-state index contributed by atoms with van der Waals surface area (Å²) in [6.45, 7) is 0. The number of nitriles is 2. The summed E-state index contributed by atoms with van der Waals surface area (Å²) in [6.07, 6.45) is 0. The molecule has 1 aromatic carbocycles. The van der Waals surface area contributed by atoms with Gasteiger partial charge in [0.15, 0.2) is 0 Å². The summed E-state index contributed by atoms with van der Waals surface area (Å²) in [4.78, 5) is 0. The number of hydrogen-bond donors (Lipinski definition) is 1. The van der Waals surface area contributed by atoms with E-state index in [1.54, 1.807) is 0 Å². The quantitative estimate of drug-likeness (QED) is 0.592. The third-order valence-electron chi connectivity index (χ3n) is 1.43. The number of nitrogens with zero attached hydrogens (tertiary/aromatic N) is 3. The van der Waals surface area contributed by atoms with Crippen molar-refractivity contribution in [2.75, 3.05) is 5.43 Å². The largest absolute Gasteiger partial charge is 0.273 e. The van der Waals surface area contributed by atoms with E-state index in [2.05, 4.69) is 10.5 Å². The Hall–Kier alpha value is -2.47. The van der Waals surface area contributed by atoms with Crippen LogP contribution in [0.15, 0.2) is 23.3 Å². The molecule has 0 atom stereocenters. The standard InChI is InChI=1S/C9H4F2N4/c10-6-1-2-8(11)9(3-6)15-14-7(4-12)5-13/h1-3,15H. The molecule has 0 saturated heterocycles. The van der Waals surface area contributed by atoms with E-state index in [9.17, 15) is 8.78 Å². The third kappa shape index (κ3) is 2.75. The van der Waals surface area contributed by atoms with Crippen LogP contribution in [0.2, 0.25) is 0 Å². The summed E-state index contributed by atoms with van der Waals surface area (Å²) in [7, 11) is 0. The average Bonchev–Trinajstić information content (AvgIpc) is 2.24. The van der Waals surface area contributed by atoms with Gasteiger partial charge in [0.2, 0.25) is 5.71 Å². The van der Waals surface area contributed by atoms with Crippen molar-refractivity contribution in [3.05, 3.63) is 29.8 Å². The lowest BCUT2D eigenvalue weighted by molar-refractivity contribution is 0.603. The first kappa shape index (κ1) is 10.6. The van der Waals surface area contributed by atoms with Gasteiger partial charge in [0.1, 0.15) is 23.8 Å². The number of halogens is 2. The Morgan fingerprint density at radius 2 is 1.93 bits per heavy atom. The maximum atomic E-state index is 13.0. The topological polar surface area (TPSA) is 72.0 Å². The molecule has 0 saturated carbocycles. The zero-order chi connectivity index (χ0) is 11.3. The van der Waals surface area contributed by atoms with E-state index in [1.807, 2.05) is 0 Å². The molecule has 0 aliphatic heterocycles. The van der Waals surface area contributed by atoms with Crippen molar-refractivity contribution >= 4 is 11.4 Å². The molecule has 15 heavy (non-hydrogen) atoms. The van der Waals surface area contributed by atoms with Gasteiger partial charge in [0.05, 0.1) is 5.69 Å². The Morgan fingerprint density at radius 1 is 1.27 bits per heavy atom. The summed E-state index contributed by atoms with van der Waals surface area (Å²) >= 11 is 0. The lowest BCUT2D eigenvalue weighted by Crippen LogP contribution is -1.98. The Kier molecular flexibility index (Phi) is 3.31. The predicted molar refractivity (Wildman–Crippen MR) is 48.6 cm³/mol. The highest BCUT2D eigenvalue weighted by molar-refractivity contribution is 6.10. The fourth-order valence-electron chi connectivity index (χ4n) is 0.774. The van der Waals surface area contributed by atoms with E-state index in [0.717, 1.165) is 18.2 Å². The van der Waals surface area contributed by atoms with Crippen LogP contribution in [-0.2, 0) is 0 Å². The summed E-state index contributed by atoms with van der Waals surface area (Å²) < 4.78 is 25.6. The number of anilines is 1. The molecule has 1 aromatic rings. The maximum Gasteiger partial charge on any atom is 0.237 e. The van der Waals surface area contributed by atoms with Crippen LogP contribution in [0.1, 0.15) is 0 Å². The van der Waals surface area contributed by atoms with Crippen molar-refractivity contribution in [3.8, 4) is 12.1 Å². The normalized spacial score (nSPS) is 8.53. The Bertz CT molecular complexity index is 466. The molecular weight excluding hydrogens is 202 g/mol. The lowest BCUT2D eigenvalue weighted by Gasteiger charge is -2.00. The van der Waals surface area contributed by atoms with E-state index in [-0.39, 0.29) is 5.69 Å². The van der Waals surface area contributed by atoms with E-state index >= 15 is 0 Å². The molecule has 0 aliphatic carbocycles. The van der Waals surface area contributed by atoms with Crippen LogP contribution in [0.3, 0.4) is 0 Å². The monoisotopic (exact) mass is 206 g/mol. The molecule has 6 heteroatoms. The van der Waals surface area contributed by atoms with E-state index < -0.39 is 17.3 Å².